The highest BCUT2D eigenvalue weighted by atomic mass is 16.3. The molecule has 3 nitrogen and oxygen atoms in total. The van der Waals surface area contributed by atoms with Gasteiger partial charge in [0.25, 0.3) is 0 Å². The van der Waals surface area contributed by atoms with E-state index in [1.165, 1.54) is 51.7 Å². The van der Waals surface area contributed by atoms with Crippen molar-refractivity contribution in [3.05, 3.63) is 0 Å². The zero-order valence-electron chi connectivity index (χ0n) is 11.2. The fourth-order valence-electron chi connectivity index (χ4n) is 3.22. The summed E-state index contributed by atoms with van der Waals surface area (Å²) in [5, 5.41) is 13.9. The Bertz CT molecular complexity index is 226. The average molecular weight is 240 g/mol. The molecule has 0 aromatic rings. The molecular formula is C14H28N2O. The Morgan fingerprint density at radius 1 is 1.18 bits per heavy atom. The lowest BCUT2D eigenvalue weighted by Crippen LogP contribution is -2.43. The van der Waals surface area contributed by atoms with Crippen LogP contribution in [0, 0.1) is 0 Å². The first-order chi connectivity index (χ1) is 8.22. The molecule has 1 saturated heterocycles. The van der Waals surface area contributed by atoms with Crippen LogP contribution in [0.15, 0.2) is 0 Å². The molecule has 1 saturated carbocycles. The minimum Gasteiger partial charge on any atom is -0.389 e. The van der Waals surface area contributed by atoms with Crippen molar-refractivity contribution >= 4 is 0 Å². The van der Waals surface area contributed by atoms with Gasteiger partial charge < -0.3 is 15.3 Å². The first-order valence-electron chi connectivity index (χ1n) is 7.40. The summed E-state index contributed by atoms with van der Waals surface area (Å²) in [5.41, 5.74) is -0.392. The van der Waals surface area contributed by atoms with Gasteiger partial charge in [0.15, 0.2) is 0 Å². The molecule has 2 N–H and O–H groups in total. The Morgan fingerprint density at radius 3 is 2.65 bits per heavy atom. The Kier molecular flexibility index (Phi) is 4.83. The average Bonchev–Trinajstić information content (AvgIpc) is 2.64. The van der Waals surface area contributed by atoms with Crippen molar-refractivity contribution in [2.75, 3.05) is 26.2 Å². The van der Waals surface area contributed by atoms with E-state index < -0.39 is 5.60 Å². The molecule has 1 heterocycles. The van der Waals surface area contributed by atoms with Crippen molar-refractivity contribution < 1.29 is 5.11 Å². The van der Waals surface area contributed by atoms with Crippen LogP contribution in [0.3, 0.4) is 0 Å². The normalized spacial score (nSPS) is 30.4. The van der Waals surface area contributed by atoms with Gasteiger partial charge in [-0.15, -0.1) is 0 Å². The molecule has 0 bridgehead atoms. The summed E-state index contributed by atoms with van der Waals surface area (Å²) in [7, 11) is 0. The highest BCUT2D eigenvalue weighted by Crippen LogP contribution is 2.29. The van der Waals surface area contributed by atoms with E-state index in [1.54, 1.807) is 0 Å². The van der Waals surface area contributed by atoms with Crippen molar-refractivity contribution in [1.29, 1.82) is 0 Å². The predicted molar refractivity (Wildman–Crippen MR) is 71.2 cm³/mol. The topological polar surface area (TPSA) is 35.5 Å². The maximum absolute atomic E-state index is 10.3. The monoisotopic (exact) mass is 240 g/mol. The summed E-state index contributed by atoms with van der Waals surface area (Å²) >= 11 is 0. The fraction of sp³-hybridized carbons (Fsp3) is 1.00. The van der Waals surface area contributed by atoms with Gasteiger partial charge in [0.05, 0.1) is 5.60 Å². The maximum Gasteiger partial charge on any atom is 0.0771 e. The molecule has 1 aliphatic heterocycles. The van der Waals surface area contributed by atoms with E-state index in [9.17, 15) is 5.11 Å². The lowest BCUT2D eigenvalue weighted by molar-refractivity contribution is 0.0443. The van der Waals surface area contributed by atoms with Crippen LogP contribution in [0.1, 0.15) is 51.9 Å². The molecule has 0 amide bonds. The summed E-state index contributed by atoms with van der Waals surface area (Å²) in [6.45, 7) is 6.70. The number of rotatable bonds is 4. The van der Waals surface area contributed by atoms with Gasteiger partial charge >= 0.3 is 0 Å². The van der Waals surface area contributed by atoms with Crippen molar-refractivity contribution in [2.24, 2.45) is 0 Å². The maximum atomic E-state index is 10.3. The van der Waals surface area contributed by atoms with Gasteiger partial charge in [0, 0.05) is 12.6 Å². The van der Waals surface area contributed by atoms with Crippen LogP contribution in [0.25, 0.3) is 0 Å². The minimum atomic E-state index is -0.392. The van der Waals surface area contributed by atoms with Gasteiger partial charge in [-0.1, -0.05) is 19.8 Å². The standard InChI is InChI=1S/C14H28N2O/c1-2-16-10-5-6-13(7-11-16)15-12-14(17)8-3-4-9-14/h13,15,17H,2-12H2,1H3. The van der Waals surface area contributed by atoms with Gasteiger partial charge in [-0.05, 0) is 51.7 Å². The number of aliphatic hydroxyl groups is 1. The first kappa shape index (κ1) is 13.3. The first-order valence-corrected chi connectivity index (χ1v) is 7.40. The van der Waals surface area contributed by atoms with E-state index in [4.69, 9.17) is 0 Å². The zero-order chi connectivity index (χ0) is 12.1. The predicted octanol–water partition coefficient (Wildman–Crippen LogP) is 1.76. The summed E-state index contributed by atoms with van der Waals surface area (Å²) in [6, 6.07) is 0.621. The summed E-state index contributed by atoms with van der Waals surface area (Å²) in [4.78, 5) is 2.53. The highest BCUT2D eigenvalue weighted by Gasteiger charge is 2.31. The molecule has 1 atom stereocenters. The molecule has 100 valence electrons. The van der Waals surface area contributed by atoms with Crippen LogP contribution in [-0.2, 0) is 0 Å². The fourth-order valence-corrected chi connectivity index (χ4v) is 3.22. The van der Waals surface area contributed by atoms with Crippen LogP contribution in [0.5, 0.6) is 0 Å². The highest BCUT2D eigenvalue weighted by molar-refractivity contribution is 4.88. The third-order valence-corrected chi connectivity index (χ3v) is 4.52. The van der Waals surface area contributed by atoms with Gasteiger partial charge in [-0.3, -0.25) is 0 Å². The second-order valence-corrected chi connectivity index (χ2v) is 5.87. The zero-order valence-corrected chi connectivity index (χ0v) is 11.2. The molecule has 0 spiro atoms. The number of hydrogen-bond donors (Lipinski definition) is 2. The van der Waals surface area contributed by atoms with Crippen molar-refractivity contribution in [2.45, 2.75) is 63.5 Å². The van der Waals surface area contributed by atoms with E-state index in [-0.39, 0.29) is 0 Å². The third kappa shape index (κ3) is 3.94. The number of likely N-dealkylation sites (tertiary alicyclic amines) is 1. The Labute approximate surface area is 106 Å². The Hall–Kier alpha value is -0.120. The molecule has 0 aromatic heterocycles. The second-order valence-electron chi connectivity index (χ2n) is 5.87. The second kappa shape index (κ2) is 6.17. The number of hydrogen-bond acceptors (Lipinski definition) is 3. The smallest absolute Gasteiger partial charge is 0.0771 e. The Morgan fingerprint density at radius 2 is 1.94 bits per heavy atom. The molecule has 17 heavy (non-hydrogen) atoms. The Balaban J connectivity index is 1.71. The molecule has 2 rings (SSSR count). The van der Waals surface area contributed by atoms with Crippen molar-refractivity contribution in [3.63, 3.8) is 0 Å². The summed E-state index contributed by atoms with van der Waals surface area (Å²) in [6.07, 6.45) is 8.20. The lowest BCUT2D eigenvalue weighted by Gasteiger charge is -2.26. The van der Waals surface area contributed by atoms with Crippen LogP contribution >= 0.6 is 0 Å². The largest absolute Gasteiger partial charge is 0.389 e. The van der Waals surface area contributed by atoms with Crippen molar-refractivity contribution in [3.8, 4) is 0 Å². The van der Waals surface area contributed by atoms with E-state index in [0.29, 0.717) is 6.04 Å². The number of nitrogens with one attached hydrogen (secondary N) is 1. The summed E-state index contributed by atoms with van der Waals surface area (Å²) in [5.74, 6) is 0. The van der Waals surface area contributed by atoms with E-state index in [2.05, 4.69) is 17.1 Å². The lowest BCUT2D eigenvalue weighted by atomic mass is 10.0. The van der Waals surface area contributed by atoms with Crippen LogP contribution in [0.2, 0.25) is 0 Å². The molecule has 2 aliphatic rings. The molecular weight excluding hydrogens is 212 g/mol. The van der Waals surface area contributed by atoms with Crippen LogP contribution < -0.4 is 5.32 Å². The van der Waals surface area contributed by atoms with Gasteiger partial charge in [-0.2, -0.15) is 0 Å². The molecule has 0 radical (unpaired) electrons. The molecule has 0 aromatic carbocycles. The van der Waals surface area contributed by atoms with Gasteiger partial charge in [-0.25, -0.2) is 0 Å². The third-order valence-electron chi connectivity index (χ3n) is 4.52. The van der Waals surface area contributed by atoms with Crippen LogP contribution in [0.4, 0.5) is 0 Å². The SMILES string of the molecule is CCN1CCCC(NCC2(O)CCCC2)CC1. The van der Waals surface area contributed by atoms with Gasteiger partial charge in [0.2, 0.25) is 0 Å². The van der Waals surface area contributed by atoms with E-state index in [0.717, 1.165) is 19.4 Å². The summed E-state index contributed by atoms with van der Waals surface area (Å²) < 4.78 is 0. The number of nitrogens with zero attached hydrogens (tertiary/aromatic N) is 1. The quantitative estimate of drug-likeness (QED) is 0.786. The minimum absolute atomic E-state index is 0.392. The van der Waals surface area contributed by atoms with Crippen LogP contribution in [-0.4, -0.2) is 47.8 Å². The van der Waals surface area contributed by atoms with Gasteiger partial charge in [0.1, 0.15) is 0 Å². The van der Waals surface area contributed by atoms with E-state index in [1.807, 2.05) is 0 Å². The molecule has 2 fully saturated rings. The molecule has 1 unspecified atom stereocenters. The van der Waals surface area contributed by atoms with E-state index >= 15 is 0 Å². The molecule has 1 aliphatic carbocycles. The molecule has 3 heteroatoms. The van der Waals surface area contributed by atoms with Crippen molar-refractivity contribution in [1.82, 2.24) is 10.2 Å².